The lowest BCUT2D eigenvalue weighted by molar-refractivity contribution is 0.352. The highest BCUT2D eigenvalue weighted by atomic mass is 35.5. The summed E-state index contributed by atoms with van der Waals surface area (Å²) in [4.78, 5) is 4.43. The van der Waals surface area contributed by atoms with Crippen molar-refractivity contribution in [1.82, 2.24) is 10.3 Å². The molecule has 1 aliphatic rings. The Balaban J connectivity index is 1.32. The molecule has 0 atom stereocenters. The van der Waals surface area contributed by atoms with Gasteiger partial charge in [-0.3, -0.25) is 4.98 Å². The Morgan fingerprint density at radius 2 is 1.63 bits per heavy atom. The summed E-state index contributed by atoms with van der Waals surface area (Å²) in [6, 6.07) is 14.9. The zero-order chi connectivity index (χ0) is 20.9. The molecule has 6 heteroatoms. The number of halogens is 1. The molecule has 3 aromatic rings. The van der Waals surface area contributed by atoms with Crippen molar-refractivity contribution in [2.24, 2.45) is 0 Å². The summed E-state index contributed by atoms with van der Waals surface area (Å²) in [5.41, 5.74) is 3.24. The van der Waals surface area contributed by atoms with Gasteiger partial charge in [0.15, 0.2) is 0 Å². The number of ether oxygens (including phenoxy) is 2. The van der Waals surface area contributed by atoms with E-state index in [1.54, 1.807) is 14.2 Å². The van der Waals surface area contributed by atoms with Gasteiger partial charge in [-0.1, -0.05) is 11.6 Å². The number of nitrogens with one attached hydrogen (secondary N) is 2. The molecule has 0 radical (unpaired) electrons. The summed E-state index contributed by atoms with van der Waals surface area (Å²) >= 11 is 6.11. The third kappa shape index (κ3) is 4.97. The van der Waals surface area contributed by atoms with Crippen molar-refractivity contribution < 1.29 is 9.47 Å². The van der Waals surface area contributed by atoms with Crippen LogP contribution in [0.2, 0.25) is 5.02 Å². The third-order valence-electron chi connectivity index (χ3n) is 5.80. The SMILES string of the molecule is COc1cc(CN[C@H]2CC[C@@H](Nc3ccnc4cc(Cl)ccc34)CC2)cc(OC)c1. The van der Waals surface area contributed by atoms with Crippen LogP contribution in [0.5, 0.6) is 11.5 Å². The molecule has 1 aromatic heterocycles. The number of fused-ring (bicyclic) bond motifs is 1. The molecule has 2 aromatic carbocycles. The molecular weight excluding hydrogens is 398 g/mol. The molecule has 1 fully saturated rings. The average molecular weight is 426 g/mol. The summed E-state index contributed by atoms with van der Waals surface area (Å²) in [5.74, 6) is 1.65. The fourth-order valence-corrected chi connectivity index (χ4v) is 4.31. The number of methoxy groups -OCH3 is 2. The Morgan fingerprint density at radius 1 is 0.933 bits per heavy atom. The summed E-state index contributed by atoms with van der Waals surface area (Å²) in [5, 5.41) is 9.26. The van der Waals surface area contributed by atoms with E-state index in [0.29, 0.717) is 17.1 Å². The van der Waals surface area contributed by atoms with Crippen LogP contribution in [0.25, 0.3) is 10.9 Å². The molecule has 5 nitrogen and oxygen atoms in total. The van der Waals surface area contributed by atoms with E-state index in [0.717, 1.165) is 60.3 Å². The highest BCUT2D eigenvalue weighted by molar-refractivity contribution is 6.31. The van der Waals surface area contributed by atoms with Crippen LogP contribution in [0.1, 0.15) is 31.2 Å². The van der Waals surface area contributed by atoms with Gasteiger partial charge in [0, 0.05) is 47.0 Å². The van der Waals surface area contributed by atoms with Crippen molar-refractivity contribution in [2.75, 3.05) is 19.5 Å². The van der Waals surface area contributed by atoms with E-state index < -0.39 is 0 Å². The first kappa shape index (κ1) is 20.8. The van der Waals surface area contributed by atoms with E-state index in [4.69, 9.17) is 21.1 Å². The lowest BCUT2D eigenvalue weighted by Crippen LogP contribution is -2.36. The number of anilines is 1. The predicted octanol–water partition coefficient (Wildman–Crippen LogP) is 5.42. The Kier molecular flexibility index (Phi) is 6.60. The Bertz CT molecular complexity index is 981. The van der Waals surface area contributed by atoms with Crippen LogP contribution in [-0.4, -0.2) is 31.3 Å². The number of hydrogen-bond acceptors (Lipinski definition) is 5. The van der Waals surface area contributed by atoms with Gasteiger partial charge in [-0.25, -0.2) is 0 Å². The molecule has 2 N–H and O–H groups in total. The maximum Gasteiger partial charge on any atom is 0.122 e. The predicted molar refractivity (Wildman–Crippen MR) is 123 cm³/mol. The van der Waals surface area contributed by atoms with Crippen LogP contribution in [-0.2, 0) is 6.54 Å². The van der Waals surface area contributed by atoms with E-state index in [1.807, 2.05) is 30.5 Å². The lowest BCUT2D eigenvalue weighted by atomic mass is 9.90. The largest absolute Gasteiger partial charge is 0.497 e. The second kappa shape index (κ2) is 9.54. The van der Waals surface area contributed by atoms with Crippen molar-refractivity contribution in [1.29, 1.82) is 0 Å². The van der Waals surface area contributed by atoms with Crippen LogP contribution >= 0.6 is 11.6 Å². The van der Waals surface area contributed by atoms with E-state index in [-0.39, 0.29) is 0 Å². The molecule has 0 saturated heterocycles. The van der Waals surface area contributed by atoms with Gasteiger partial charge < -0.3 is 20.1 Å². The minimum absolute atomic E-state index is 0.473. The van der Waals surface area contributed by atoms with Gasteiger partial charge >= 0.3 is 0 Å². The van der Waals surface area contributed by atoms with Crippen molar-refractivity contribution in [2.45, 2.75) is 44.3 Å². The molecule has 1 aliphatic carbocycles. The second-order valence-corrected chi connectivity index (χ2v) is 8.25. The highest BCUT2D eigenvalue weighted by Crippen LogP contribution is 2.28. The van der Waals surface area contributed by atoms with E-state index in [9.17, 15) is 0 Å². The maximum atomic E-state index is 6.11. The molecular formula is C24H28ClN3O2. The van der Waals surface area contributed by atoms with Gasteiger partial charge in [0.2, 0.25) is 0 Å². The summed E-state index contributed by atoms with van der Waals surface area (Å²) in [6.07, 6.45) is 6.41. The molecule has 0 unspecified atom stereocenters. The quantitative estimate of drug-likeness (QED) is 0.529. The molecule has 0 amide bonds. The summed E-state index contributed by atoms with van der Waals surface area (Å²) in [6.45, 7) is 0.812. The van der Waals surface area contributed by atoms with Gasteiger partial charge in [-0.2, -0.15) is 0 Å². The monoisotopic (exact) mass is 425 g/mol. The normalized spacial score (nSPS) is 18.9. The van der Waals surface area contributed by atoms with Crippen molar-refractivity contribution >= 4 is 28.2 Å². The van der Waals surface area contributed by atoms with Crippen LogP contribution in [0.3, 0.4) is 0 Å². The first-order valence-electron chi connectivity index (χ1n) is 10.4. The minimum atomic E-state index is 0.473. The second-order valence-electron chi connectivity index (χ2n) is 7.81. The molecule has 0 bridgehead atoms. The average Bonchev–Trinajstić information content (AvgIpc) is 2.78. The fraction of sp³-hybridized carbons (Fsp3) is 0.375. The zero-order valence-electron chi connectivity index (χ0n) is 17.5. The number of hydrogen-bond donors (Lipinski definition) is 2. The first-order valence-corrected chi connectivity index (χ1v) is 10.8. The number of rotatable bonds is 7. The highest BCUT2D eigenvalue weighted by Gasteiger charge is 2.21. The van der Waals surface area contributed by atoms with Crippen molar-refractivity contribution in [3.63, 3.8) is 0 Å². The van der Waals surface area contributed by atoms with Crippen molar-refractivity contribution in [3.8, 4) is 11.5 Å². The summed E-state index contributed by atoms with van der Waals surface area (Å²) in [7, 11) is 3.36. The van der Waals surface area contributed by atoms with Crippen LogP contribution in [0.15, 0.2) is 48.7 Å². The van der Waals surface area contributed by atoms with E-state index in [2.05, 4.69) is 33.8 Å². The number of pyridine rings is 1. The lowest BCUT2D eigenvalue weighted by Gasteiger charge is -2.30. The van der Waals surface area contributed by atoms with Crippen LogP contribution in [0.4, 0.5) is 5.69 Å². The summed E-state index contributed by atoms with van der Waals surface area (Å²) < 4.78 is 10.7. The molecule has 30 heavy (non-hydrogen) atoms. The van der Waals surface area contributed by atoms with Gasteiger partial charge in [0.1, 0.15) is 11.5 Å². The van der Waals surface area contributed by atoms with Gasteiger partial charge in [-0.15, -0.1) is 0 Å². The fourth-order valence-electron chi connectivity index (χ4n) is 4.14. The van der Waals surface area contributed by atoms with Gasteiger partial charge in [-0.05, 0) is 67.6 Å². The third-order valence-corrected chi connectivity index (χ3v) is 6.03. The minimum Gasteiger partial charge on any atom is -0.497 e. The smallest absolute Gasteiger partial charge is 0.122 e. The standard InChI is InChI=1S/C24H28ClN3O2/c1-29-20-11-16(12-21(14-20)30-2)15-27-18-4-6-19(7-5-18)28-23-9-10-26-24-13-17(25)3-8-22(23)24/h3,8-14,18-19,27H,4-7,15H2,1-2H3,(H,26,28)/t18-,19+. The Morgan fingerprint density at radius 3 is 2.33 bits per heavy atom. The van der Waals surface area contributed by atoms with Gasteiger partial charge in [0.25, 0.3) is 0 Å². The molecule has 0 aliphatic heterocycles. The first-order chi connectivity index (χ1) is 14.6. The van der Waals surface area contributed by atoms with Crippen LogP contribution < -0.4 is 20.1 Å². The maximum absolute atomic E-state index is 6.11. The number of nitrogens with zero attached hydrogens (tertiary/aromatic N) is 1. The number of aromatic nitrogens is 1. The van der Waals surface area contributed by atoms with E-state index in [1.165, 1.54) is 5.56 Å². The van der Waals surface area contributed by atoms with Crippen LogP contribution in [0, 0.1) is 0 Å². The molecule has 158 valence electrons. The van der Waals surface area contributed by atoms with Gasteiger partial charge in [0.05, 0.1) is 19.7 Å². The topological polar surface area (TPSA) is 55.4 Å². The molecule has 0 spiro atoms. The van der Waals surface area contributed by atoms with E-state index >= 15 is 0 Å². The number of benzene rings is 2. The molecule has 4 rings (SSSR count). The zero-order valence-corrected chi connectivity index (χ0v) is 18.2. The molecule has 1 saturated carbocycles. The Labute approximate surface area is 182 Å². The Hall–Kier alpha value is -2.50. The molecule has 1 heterocycles. The van der Waals surface area contributed by atoms with Crippen molar-refractivity contribution in [3.05, 3.63) is 59.2 Å².